The smallest absolute Gasteiger partial charge is 0.410 e. The second-order valence-electron chi connectivity index (χ2n) is 11.9. The lowest BCUT2D eigenvalue weighted by Crippen LogP contribution is -2.49. The molecule has 1 aliphatic carbocycles. The molecule has 3 aliphatic rings. The van der Waals surface area contributed by atoms with E-state index in [0.29, 0.717) is 23.9 Å². The summed E-state index contributed by atoms with van der Waals surface area (Å²) in [6.07, 6.45) is 7.40. The SMILES string of the molecule is CC(C)(C)OC(=O)N1CCC(CNC2CCCC2C2CCCN2C(=O)OC(C)(C)C)CC1. The number of hydrogen-bond acceptors (Lipinski definition) is 5. The number of amides is 2. The quantitative estimate of drug-likeness (QED) is 0.665. The van der Waals surface area contributed by atoms with Crippen LogP contribution in [0.5, 0.6) is 0 Å². The van der Waals surface area contributed by atoms with Gasteiger partial charge in [0.1, 0.15) is 11.2 Å². The summed E-state index contributed by atoms with van der Waals surface area (Å²) >= 11 is 0. The maximum Gasteiger partial charge on any atom is 0.410 e. The fraction of sp³-hybridized carbons (Fsp3) is 0.920. The molecule has 0 aromatic carbocycles. The Balaban J connectivity index is 1.47. The highest BCUT2D eigenvalue weighted by molar-refractivity contribution is 5.69. The van der Waals surface area contributed by atoms with Gasteiger partial charge in [-0.1, -0.05) is 6.42 Å². The minimum absolute atomic E-state index is 0.153. The van der Waals surface area contributed by atoms with Crippen LogP contribution in [0.1, 0.15) is 86.5 Å². The van der Waals surface area contributed by atoms with Crippen LogP contribution in [0, 0.1) is 11.8 Å². The molecule has 0 spiro atoms. The average molecular weight is 452 g/mol. The summed E-state index contributed by atoms with van der Waals surface area (Å²) in [6.45, 7) is 14.9. The van der Waals surface area contributed by atoms with E-state index >= 15 is 0 Å². The van der Waals surface area contributed by atoms with E-state index in [0.717, 1.165) is 51.9 Å². The van der Waals surface area contributed by atoms with E-state index in [2.05, 4.69) is 5.32 Å². The first-order valence-corrected chi connectivity index (χ1v) is 12.6. The standard InChI is InChI=1S/C25H45N3O4/c1-24(2,3)31-22(29)27-15-12-18(13-16-27)17-26-20-10-7-9-19(20)21-11-8-14-28(21)23(30)32-25(4,5)6/h18-21,26H,7-17H2,1-6H3. The van der Waals surface area contributed by atoms with Gasteiger partial charge in [0.2, 0.25) is 0 Å². The van der Waals surface area contributed by atoms with Crippen molar-refractivity contribution in [1.29, 1.82) is 0 Å². The second kappa shape index (κ2) is 10.2. The summed E-state index contributed by atoms with van der Waals surface area (Å²) in [6, 6.07) is 0.755. The number of carbonyl (C=O) groups excluding carboxylic acids is 2. The number of nitrogens with zero attached hydrogens (tertiary/aromatic N) is 2. The summed E-state index contributed by atoms with van der Waals surface area (Å²) in [5, 5.41) is 3.85. The van der Waals surface area contributed by atoms with E-state index < -0.39 is 11.2 Å². The summed E-state index contributed by atoms with van der Waals surface area (Å²) < 4.78 is 11.2. The molecule has 2 aliphatic heterocycles. The number of carbonyl (C=O) groups is 2. The van der Waals surface area contributed by atoms with E-state index in [9.17, 15) is 9.59 Å². The fourth-order valence-electron chi connectivity index (χ4n) is 5.45. The molecule has 3 atom stereocenters. The zero-order valence-electron chi connectivity index (χ0n) is 21.1. The molecule has 32 heavy (non-hydrogen) atoms. The van der Waals surface area contributed by atoms with Gasteiger partial charge in [0.05, 0.1) is 0 Å². The molecule has 0 radical (unpaired) electrons. The lowest BCUT2D eigenvalue weighted by atomic mass is 9.91. The maximum absolute atomic E-state index is 12.8. The summed E-state index contributed by atoms with van der Waals surface area (Å²) in [4.78, 5) is 28.9. The number of rotatable bonds is 4. The molecule has 7 heteroatoms. The van der Waals surface area contributed by atoms with Crippen LogP contribution >= 0.6 is 0 Å². The first kappa shape index (κ1) is 25.1. The van der Waals surface area contributed by atoms with Crippen molar-refractivity contribution in [3.63, 3.8) is 0 Å². The highest BCUT2D eigenvalue weighted by Gasteiger charge is 2.42. The number of likely N-dealkylation sites (tertiary alicyclic amines) is 2. The third-order valence-electron chi connectivity index (χ3n) is 6.93. The summed E-state index contributed by atoms with van der Waals surface area (Å²) in [5.74, 6) is 1.09. The van der Waals surface area contributed by atoms with Gasteiger partial charge in [0.15, 0.2) is 0 Å². The number of nitrogens with one attached hydrogen (secondary N) is 1. The Bertz CT molecular complexity index is 647. The van der Waals surface area contributed by atoms with Gasteiger partial charge in [-0.3, -0.25) is 0 Å². The molecule has 1 saturated carbocycles. The molecule has 0 aromatic heterocycles. The average Bonchev–Trinajstić information content (AvgIpc) is 3.33. The highest BCUT2D eigenvalue weighted by atomic mass is 16.6. The van der Waals surface area contributed by atoms with Crippen molar-refractivity contribution in [2.24, 2.45) is 11.8 Å². The van der Waals surface area contributed by atoms with Crippen LogP contribution in [-0.4, -0.2) is 71.5 Å². The van der Waals surface area contributed by atoms with Crippen molar-refractivity contribution in [2.75, 3.05) is 26.2 Å². The molecule has 0 aromatic rings. The van der Waals surface area contributed by atoms with E-state index in [-0.39, 0.29) is 12.2 Å². The van der Waals surface area contributed by atoms with Gasteiger partial charge in [-0.15, -0.1) is 0 Å². The number of hydrogen-bond donors (Lipinski definition) is 1. The van der Waals surface area contributed by atoms with E-state index in [4.69, 9.17) is 9.47 Å². The third kappa shape index (κ3) is 7.00. The molecule has 1 N–H and O–H groups in total. The number of piperidine rings is 1. The molecule has 3 unspecified atom stereocenters. The monoisotopic (exact) mass is 451 g/mol. The Labute approximate surface area is 194 Å². The first-order valence-electron chi connectivity index (χ1n) is 12.6. The third-order valence-corrected chi connectivity index (χ3v) is 6.93. The van der Waals surface area contributed by atoms with Crippen LogP contribution in [0.15, 0.2) is 0 Å². The van der Waals surface area contributed by atoms with Gasteiger partial charge in [0, 0.05) is 31.7 Å². The normalized spacial score (nSPS) is 27.6. The maximum atomic E-state index is 12.8. The van der Waals surface area contributed by atoms with Crippen molar-refractivity contribution in [3.05, 3.63) is 0 Å². The van der Waals surface area contributed by atoms with Gasteiger partial charge in [-0.2, -0.15) is 0 Å². The Morgan fingerprint density at radius 1 is 0.812 bits per heavy atom. The van der Waals surface area contributed by atoms with Crippen molar-refractivity contribution < 1.29 is 19.1 Å². The molecular formula is C25H45N3O4. The van der Waals surface area contributed by atoms with Crippen LogP contribution < -0.4 is 5.32 Å². The first-order chi connectivity index (χ1) is 14.9. The minimum Gasteiger partial charge on any atom is -0.444 e. The van der Waals surface area contributed by atoms with Gasteiger partial charge in [-0.25, -0.2) is 9.59 Å². The fourth-order valence-corrected chi connectivity index (χ4v) is 5.45. The molecular weight excluding hydrogens is 406 g/mol. The molecule has 2 amide bonds. The Kier molecular flexibility index (Phi) is 8.00. The Morgan fingerprint density at radius 2 is 1.44 bits per heavy atom. The summed E-state index contributed by atoms with van der Waals surface area (Å²) in [5.41, 5.74) is -0.897. The van der Waals surface area contributed by atoms with Gasteiger partial charge < -0.3 is 24.6 Å². The molecule has 0 bridgehead atoms. The van der Waals surface area contributed by atoms with E-state index in [1.54, 1.807) is 0 Å². The van der Waals surface area contributed by atoms with Crippen LogP contribution in [-0.2, 0) is 9.47 Å². The van der Waals surface area contributed by atoms with Gasteiger partial charge in [0.25, 0.3) is 0 Å². The predicted molar refractivity (Wildman–Crippen MR) is 126 cm³/mol. The molecule has 3 fully saturated rings. The van der Waals surface area contributed by atoms with Crippen molar-refractivity contribution in [2.45, 2.75) is 110 Å². The Morgan fingerprint density at radius 3 is 2.06 bits per heavy atom. The topological polar surface area (TPSA) is 71.1 Å². The molecule has 2 heterocycles. The minimum atomic E-state index is -0.453. The van der Waals surface area contributed by atoms with Crippen LogP contribution in [0.2, 0.25) is 0 Å². The van der Waals surface area contributed by atoms with Crippen molar-refractivity contribution in [3.8, 4) is 0 Å². The molecule has 3 rings (SSSR count). The molecule has 7 nitrogen and oxygen atoms in total. The van der Waals surface area contributed by atoms with Crippen molar-refractivity contribution in [1.82, 2.24) is 15.1 Å². The zero-order valence-corrected chi connectivity index (χ0v) is 21.1. The van der Waals surface area contributed by atoms with E-state index in [1.807, 2.05) is 51.3 Å². The van der Waals surface area contributed by atoms with Crippen LogP contribution in [0.3, 0.4) is 0 Å². The summed E-state index contributed by atoms with van der Waals surface area (Å²) in [7, 11) is 0. The lowest BCUT2D eigenvalue weighted by molar-refractivity contribution is 0.0149. The van der Waals surface area contributed by atoms with Gasteiger partial charge in [-0.05, 0) is 98.4 Å². The lowest BCUT2D eigenvalue weighted by Gasteiger charge is -2.36. The molecule has 184 valence electrons. The van der Waals surface area contributed by atoms with Gasteiger partial charge >= 0.3 is 12.2 Å². The Hall–Kier alpha value is -1.50. The second-order valence-corrected chi connectivity index (χ2v) is 11.9. The molecule has 2 saturated heterocycles. The van der Waals surface area contributed by atoms with E-state index in [1.165, 1.54) is 19.3 Å². The van der Waals surface area contributed by atoms with Crippen LogP contribution in [0.25, 0.3) is 0 Å². The number of ether oxygens (including phenoxy) is 2. The largest absolute Gasteiger partial charge is 0.444 e. The predicted octanol–water partition coefficient (Wildman–Crippen LogP) is 4.79. The zero-order chi connectivity index (χ0) is 23.5. The highest BCUT2D eigenvalue weighted by Crippen LogP contribution is 2.37. The van der Waals surface area contributed by atoms with Crippen molar-refractivity contribution >= 4 is 12.2 Å². The van der Waals surface area contributed by atoms with Crippen LogP contribution in [0.4, 0.5) is 9.59 Å².